The molecule has 0 spiro atoms. The summed E-state index contributed by atoms with van der Waals surface area (Å²) >= 11 is 0. The fraction of sp³-hybridized carbons (Fsp3) is 0.429. The number of amides is 1. The Labute approximate surface area is 200 Å². The summed E-state index contributed by atoms with van der Waals surface area (Å²) in [6.45, 7) is 1.09. The predicted octanol–water partition coefficient (Wildman–Crippen LogP) is 2.29. The fourth-order valence-electron chi connectivity index (χ4n) is 2.65. The molecule has 2 N–H and O–H groups in total. The van der Waals surface area contributed by atoms with E-state index in [-0.39, 0.29) is 36.4 Å². The summed E-state index contributed by atoms with van der Waals surface area (Å²) < 4.78 is 21.5. The van der Waals surface area contributed by atoms with Gasteiger partial charge in [-0.15, -0.1) is 24.0 Å². The first kappa shape index (κ1) is 26.4. The van der Waals surface area contributed by atoms with Crippen LogP contribution >= 0.6 is 24.0 Å². The van der Waals surface area contributed by atoms with E-state index in [0.29, 0.717) is 42.7 Å². The molecule has 0 radical (unpaired) electrons. The van der Waals surface area contributed by atoms with Crippen LogP contribution in [0.4, 0.5) is 0 Å². The number of methoxy groups -OCH3 is 3. The lowest BCUT2D eigenvalue weighted by atomic mass is 10.2. The van der Waals surface area contributed by atoms with Crippen molar-refractivity contribution in [1.82, 2.24) is 15.5 Å². The number of guanidine groups is 1. The third-order valence-corrected chi connectivity index (χ3v) is 4.29. The van der Waals surface area contributed by atoms with Crippen molar-refractivity contribution >= 4 is 35.8 Å². The van der Waals surface area contributed by atoms with Crippen LogP contribution in [0.3, 0.4) is 0 Å². The van der Waals surface area contributed by atoms with E-state index in [1.54, 1.807) is 41.7 Å². The van der Waals surface area contributed by atoms with Crippen LogP contribution in [0.25, 0.3) is 0 Å². The van der Waals surface area contributed by atoms with Crippen molar-refractivity contribution in [2.75, 3.05) is 48.5 Å². The van der Waals surface area contributed by atoms with E-state index in [0.717, 1.165) is 11.3 Å². The number of benzene rings is 1. The second-order valence-electron chi connectivity index (χ2n) is 6.60. The summed E-state index contributed by atoms with van der Waals surface area (Å²) in [5.74, 6) is 2.99. The van der Waals surface area contributed by atoms with Crippen molar-refractivity contribution in [2.45, 2.75) is 13.0 Å². The van der Waals surface area contributed by atoms with Gasteiger partial charge in [0.05, 0.1) is 40.7 Å². The normalized spacial score (nSPS) is 10.7. The van der Waals surface area contributed by atoms with E-state index in [1.165, 1.54) is 4.90 Å². The molecule has 0 atom stereocenters. The molecule has 31 heavy (non-hydrogen) atoms. The molecule has 1 aromatic heterocycles. The van der Waals surface area contributed by atoms with E-state index in [2.05, 4.69) is 15.6 Å². The molecule has 172 valence electrons. The minimum atomic E-state index is -0.0525. The zero-order chi connectivity index (χ0) is 21.9. The molecule has 0 aliphatic heterocycles. The van der Waals surface area contributed by atoms with E-state index < -0.39 is 0 Å². The van der Waals surface area contributed by atoms with Crippen molar-refractivity contribution < 1.29 is 23.4 Å². The van der Waals surface area contributed by atoms with Gasteiger partial charge in [-0.05, 0) is 29.8 Å². The summed E-state index contributed by atoms with van der Waals surface area (Å²) in [6.07, 6.45) is 2.34. The molecule has 0 saturated heterocycles. The molecular weight excluding hydrogens is 515 g/mol. The maximum atomic E-state index is 11.9. The van der Waals surface area contributed by atoms with Gasteiger partial charge in [0.15, 0.2) is 17.5 Å². The van der Waals surface area contributed by atoms with Crippen LogP contribution in [0.1, 0.15) is 11.3 Å². The van der Waals surface area contributed by atoms with Crippen LogP contribution < -0.4 is 24.8 Å². The summed E-state index contributed by atoms with van der Waals surface area (Å²) in [6, 6.07) is 7.45. The quantitative estimate of drug-likeness (QED) is 0.268. The molecule has 9 nitrogen and oxygen atoms in total. The van der Waals surface area contributed by atoms with Gasteiger partial charge in [0, 0.05) is 27.1 Å². The molecule has 0 aliphatic carbocycles. The van der Waals surface area contributed by atoms with Gasteiger partial charge in [-0.3, -0.25) is 4.79 Å². The summed E-state index contributed by atoms with van der Waals surface area (Å²) in [5.41, 5.74) is 0.871. The second kappa shape index (κ2) is 13.6. The Morgan fingerprint density at radius 2 is 1.77 bits per heavy atom. The van der Waals surface area contributed by atoms with Crippen molar-refractivity contribution in [3.8, 4) is 17.2 Å². The summed E-state index contributed by atoms with van der Waals surface area (Å²) in [7, 11) is 8.12. The van der Waals surface area contributed by atoms with Gasteiger partial charge in [-0.2, -0.15) is 0 Å². The van der Waals surface area contributed by atoms with Crippen LogP contribution in [0.5, 0.6) is 17.2 Å². The minimum absolute atomic E-state index is 0. The fourth-order valence-corrected chi connectivity index (χ4v) is 2.65. The van der Waals surface area contributed by atoms with Crippen molar-refractivity contribution in [3.63, 3.8) is 0 Å². The SMILES string of the molecule is COc1cc(CN=C(NCCc2ccco2)NCC(=O)N(C)C)cc(OC)c1OC.I. The van der Waals surface area contributed by atoms with Crippen LogP contribution in [0.15, 0.2) is 39.9 Å². The van der Waals surface area contributed by atoms with Crippen LogP contribution in [0.2, 0.25) is 0 Å². The number of likely N-dealkylation sites (N-methyl/N-ethyl adjacent to an activating group) is 1. The molecule has 2 aromatic rings. The maximum Gasteiger partial charge on any atom is 0.241 e. The first-order valence-electron chi connectivity index (χ1n) is 9.52. The summed E-state index contributed by atoms with van der Waals surface area (Å²) in [5, 5.41) is 6.28. The molecule has 0 fully saturated rings. The molecule has 1 amide bonds. The average molecular weight is 546 g/mol. The zero-order valence-electron chi connectivity index (χ0n) is 18.6. The number of hydrogen-bond acceptors (Lipinski definition) is 6. The highest BCUT2D eigenvalue weighted by Gasteiger charge is 2.13. The van der Waals surface area contributed by atoms with Gasteiger partial charge in [0.1, 0.15) is 5.76 Å². The van der Waals surface area contributed by atoms with Crippen LogP contribution in [0, 0.1) is 0 Å². The maximum absolute atomic E-state index is 11.9. The Bertz CT molecular complexity index is 815. The number of halogens is 1. The zero-order valence-corrected chi connectivity index (χ0v) is 20.9. The third-order valence-electron chi connectivity index (χ3n) is 4.29. The Balaban J connectivity index is 0.00000480. The van der Waals surface area contributed by atoms with E-state index in [1.807, 2.05) is 24.3 Å². The second-order valence-corrected chi connectivity index (χ2v) is 6.60. The number of nitrogens with one attached hydrogen (secondary N) is 2. The smallest absolute Gasteiger partial charge is 0.241 e. The molecule has 0 saturated carbocycles. The van der Waals surface area contributed by atoms with Gasteiger partial charge in [-0.1, -0.05) is 0 Å². The Morgan fingerprint density at radius 1 is 1.10 bits per heavy atom. The highest BCUT2D eigenvalue weighted by molar-refractivity contribution is 14.0. The minimum Gasteiger partial charge on any atom is -0.493 e. The molecule has 1 aromatic carbocycles. The monoisotopic (exact) mass is 546 g/mol. The van der Waals surface area contributed by atoms with Crippen molar-refractivity contribution in [2.24, 2.45) is 4.99 Å². The van der Waals surface area contributed by atoms with E-state index in [9.17, 15) is 4.79 Å². The van der Waals surface area contributed by atoms with Crippen LogP contribution in [-0.4, -0.2) is 65.3 Å². The van der Waals surface area contributed by atoms with Crippen LogP contribution in [-0.2, 0) is 17.8 Å². The van der Waals surface area contributed by atoms with Crippen molar-refractivity contribution in [1.29, 1.82) is 0 Å². The van der Waals surface area contributed by atoms with Gasteiger partial charge in [-0.25, -0.2) is 4.99 Å². The third kappa shape index (κ3) is 8.19. The number of furan rings is 1. The number of hydrogen-bond donors (Lipinski definition) is 2. The molecule has 10 heteroatoms. The topological polar surface area (TPSA) is 97.6 Å². The largest absolute Gasteiger partial charge is 0.493 e. The predicted molar refractivity (Wildman–Crippen MR) is 130 cm³/mol. The number of nitrogens with zero attached hydrogens (tertiary/aromatic N) is 2. The van der Waals surface area contributed by atoms with Crippen molar-refractivity contribution in [3.05, 3.63) is 41.9 Å². The number of ether oxygens (including phenoxy) is 3. The van der Waals surface area contributed by atoms with Gasteiger partial charge in [0.2, 0.25) is 11.7 Å². The molecule has 0 aliphatic rings. The number of rotatable bonds is 10. The standard InChI is InChI=1S/C21H30N4O5.HI/c1-25(2)19(26)14-24-21(22-9-8-16-7-6-10-30-16)23-13-15-11-17(27-3)20(29-5)18(12-15)28-4;/h6-7,10-12H,8-9,13-14H2,1-5H3,(H2,22,23,24);1H. The first-order valence-corrected chi connectivity index (χ1v) is 9.52. The number of carbonyl (C=O) groups is 1. The Hall–Kier alpha value is -2.63. The van der Waals surface area contributed by atoms with Gasteiger partial charge < -0.3 is 34.2 Å². The van der Waals surface area contributed by atoms with E-state index >= 15 is 0 Å². The first-order chi connectivity index (χ1) is 14.5. The van der Waals surface area contributed by atoms with Gasteiger partial charge >= 0.3 is 0 Å². The molecule has 0 unspecified atom stereocenters. The lowest BCUT2D eigenvalue weighted by molar-refractivity contribution is -0.127. The average Bonchev–Trinajstić information content (AvgIpc) is 3.27. The number of aliphatic imine (C=N–C) groups is 1. The molecule has 2 rings (SSSR count). The Morgan fingerprint density at radius 3 is 2.29 bits per heavy atom. The van der Waals surface area contributed by atoms with Gasteiger partial charge in [0.25, 0.3) is 0 Å². The lowest BCUT2D eigenvalue weighted by Crippen LogP contribution is -2.43. The lowest BCUT2D eigenvalue weighted by Gasteiger charge is -2.16. The highest BCUT2D eigenvalue weighted by atomic mass is 127. The highest BCUT2D eigenvalue weighted by Crippen LogP contribution is 2.38. The molecule has 1 heterocycles. The molecule has 0 bridgehead atoms. The van der Waals surface area contributed by atoms with E-state index in [4.69, 9.17) is 18.6 Å². The molecular formula is C21H31IN4O5. The summed E-state index contributed by atoms with van der Waals surface area (Å²) in [4.78, 5) is 18.1. The number of carbonyl (C=O) groups excluding carboxylic acids is 1. The Kier molecular flexibility index (Phi) is 11.6.